The molecule has 3 rings (SSSR count). The van der Waals surface area contributed by atoms with Gasteiger partial charge in [0.25, 0.3) is 0 Å². The number of carbonyl (C=O) groups is 1. The van der Waals surface area contributed by atoms with E-state index in [1.54, 1.807) is 25.5 Å². The minimum atomic E-state index is -0.200. The van der Waals surface area contributed by atoms with Crippen LogP contribution >= 0.6 is 0 Å². The lowest BCUT2D eigenvalue weighted by molar-refractivity contribution is -0.143. The standard InChI is InChI=1S/C19H21N3O3/c1-2-25-17(24)9-6-11-21-12-10-16(23)18-19(21)20-14-22(18)13-15-7-4-3-5-8-15/h3-5,7-8,10,12,14H,2,6,9,11,13H2,1H3. The van der Waals surface area contributed by atoms with E-state index >= 15 is 0 Å². The first-order chi connectivity index (χ1) is 12.2. The predicted molar refractivity (Wildman–Crippen MR) is 95.4 cm³/mol. The number of carbonyl (C=O) groups excluding carboxylic acids is 1. The molecule has 0 saturated heterocycles. The Bertz CT molecular complexity index is 913. The van der Waals surface area contributed by atoms with Crippen LogP contribution in [0.5, 0.6) is 0 Å². The van der Waals surface area contributed by atoms with Gasteiger partial charge in [0.05, 0.1) is 12.9 Å². The number of imidazole rings is 1. The Morgan fingerprint density at radius 3 is 2.72 bits per heavy atom. The summed E-state index contributed by atoms with van der Waals surface area (Å²) in [7, 11) is 0. The molecule has 0 aliphatic heterocycles. The van der Waals surface area contributed by atoms with E-state index in [4.69, 9.17) is 4.74 Å². The Hall–Kier alpha value is -2.89. The van der Waals surface area contributed by atoms with Crippen molar-refractivity contribution >= 4 is 17.1 Å². The highest BCUT2D eigenvalue weighted by Crippen LogP contribution is 2.12. The number of ether oxygens (including phenoxy) is 1. The number of aryl methyl sites for hydroxylation is 1. The highest BCUT2D eigenvalue weighted by atomic mass is 16.5. The topological polar surface area (TPSA) is 66.1 Å². The molecule has 0 aliphatic rings. The molecule has 0 saturated carbocycles. The summed E-state index contributed by atoms with van der Waals surface area (Å²) in [5.41, 5.74) is 2.29. The first-order valence-corrected chi connectivity index (χ1v) is 8.43. The normalized spacial score (nSPS) is 10.9. The third-order valence-electron chi connectivity index (χ3n) is 4.01. The van der Waals surface area contributed by atoms with E-state index < -0.39 is 0 Å². The zero-order valence-electron chi connectivity index (χ0n) is 14.2. The lowest BCUT2D eigenvalue weighted by Crippen LogP contribution is -2.12. The van der Waals surface area contributed by atoms with Crippen LogP contribution in [0.4, 0.5) is 0 Å². The highest BCUT2D eigenvalue weighted by molar-refractivity contribution is 5.71. The van der Waals surface area contributed by atoms with Gasteiger partial charge >= 0.3 is 5.97 Å². The van der Waals surface area contributed by atoms with Gasteiger partial charge in [-0.3, -0.25) is 9.59 Å². The van der Waals surface area contributed by atoms with Gasteiger partial charge in [0.15, 0.2) is 5.65 Å². The molecule has 6 nitrogen and oxygen atoms in total. The van der Waals surface area contributed by atoms with E-state index in [1.165, 1.54) is 0 Å². The molecule has 0 bridgehead atoms. The van der Waals surface area contributed by atoms with Crippen molar-refractivity contribution in [3.8, 4) is 0 Å². The third-order valence-corrected chi connectivity index (χ3v) is 4.01. The molecule has 0 atom stereocenters. The van der Waals surface area contributed by atoms with Crippen molar-refractivity contribution < 1.29 is 9.53 Å². The Balaban J connectivity index is 1.81. The Labute approximate surface area is 145 Å². The quantitative estimate of drug-likeness (QED) is 0.621. The molecule has 2 aromatic heterocycles. The van der Waals surface area contributed by atoms with Crippen molar-refractivity contribution in [1.29, 1.82) is 0 Å². The van der Waals surface area contributed by atoms with E-state index in [9.17, 15) is 9.59 Å². The lowest BCUT2D eigenvalue weighted by atomic mass is 10.2. The van der Waals surface area contributed by atoms with Crippen LogP contribution in [-0.2, 0) is 22.6 Å². The number of aromatic nitrogens is 3. The molecule has 6 heteroatoms. The summed E-state index contributed by atoms with van der Waals surface area (Å²) in [6, 6.07) is 11.5. The molecule has 0 spiro atoms. The molecule has 130 valence electrons. The summed E-state index contributed by atoms with van der Waals surface area (Å²) in [5.74, 6) is -0.200. The van der Waals surface area contributed by atoms with Crippen LogP contribution < -0.4 is 5.43 Å². The summed E-state index contributed by atoms with van der Waals surface area (Å²) in [6.07, 6.45) is 4.42. The van der Waals surface area contributed by atoms with Gasteiger partial charge in [-0.2, -0.15) is 0 Å². The van der Waals surface area contributed by atoms with E-state index in [1.807, 2.05) is 39.5 Å². The van der Waals surface area contributed by atoms with Crippen LogP contribution in [0.2, 0.25) is 0 Å². The van der Waals surface area contributed by atoms with Gasteiger partial charge in [0, 0.05) is 31.8 Å². The summed E-state index contributed by atoms with van der Waals surface area (Å²) in [5, 5.41) is 0. The number of nitrogens with zero attached hydrogens (tertiary/aromatic N) is 3. The maximum Gasteiger partial charge on any atom is 0.305 e. The van der Waals surface area contributed by atoms with Crippen molar-refractivity contribution in [2.45, 2.75) is 32.9 Å². The van der Waals surface area contributed by atoms with Crippen LogP contribution in [0.25, 0.3) is 11.2 Å². The van der Waals surface area contributed by atoms with E-state index in [0.29, 0.717) is 43.7 Å². The van der Waals surface area contributed by atoms with Crippen molar-refractivity contribution in [2.75, 3.05) is 6.61 Å². The molecule has 0 amide bonds. The van der Waals surface area contributed by atoms with Crippen molar-refractivity contribution in [1.82, 2.24) is 14.1 Å². The number of hydrogen-bond acceptors (Lipinski definition) is 4. The molecular weight excluding hydrogens is 318 g/mol. The van der Waals surface area contributed by atoms with Gasteiger partial charge in [-0.1, -0.05) is 30.3 Å². The Kier molecular flexibility index (Phi) is 5.28. The minimum Gasteiger partial charge on any atom is -0.466 e. The number of benzene rings is 1. The monoisotopic (exact) mass is 339 g/mol. The fourth-order valence-corrected chi connectivity index (χ4v) is 2.85. The summed E-state index contributed by atoms with van der Waals surface area (Å²) >= 11 is 0. The van der Waals surface area contributed by atoms with Crippen LogP contribution in [0.1, 0.15) is 25.3 Å². The molecule has 0 radical (unpaired) electrons. The van der Waals surface area contributed by atoms with Crippen molar-refractivity contribution in [2.24, 2.45) is 0 Å². The van der Waals surface area contributed by atoms with Crippen LogP contribution in [0, 0.1) is 0 Å². The second-order valence-corrected chi connectivity index (χ2v) is 5.81. The molecule has 0 aliphatic carbocycles. The molecule has 0 fully saturated rings. The molecule has 2 heterocycles. The predicted octanol–water partition coefficient (Wildman–Crippen LogP) is 2.59. The molecule has 1 aromatic carbocycles. The first kappa shape index (κ1) is 17.0. The Morgan fingerprint density at radius 1 is 1.16 bits per heavy atom. The van der Waals surface area contributed by atoms with Gasteiger partial charge in [-0.15, -0.1) is 0 Å². The number of fused-ring (bicyclic) bond motifs is 1. The number of rotatable bonds is 7. The van der Waals surface area contributed by atoms with Gasteiger partial charge < -0.3 is 13.9 Å². The van der Waals surface area contributed by atoms with Crippen molar-refractivity contribution in [3.05, 3.63) is 64.7 Å². The van der Waals surface area contributed by atoms with Crippen LogP contribution in [-0.4, -0.2) is 26.7 Å². The van der Waals surface area contributed by atoms with Crippen molar-refractivity contribution in [3.63, 3.8) is 0 Å². The summed E-state index contributed by atoms with van der Waals surface area (Å²) < 4.78 is 8.72. The smallest absolute Gasteiger partial charge is 0.305 e. The molecule has 0 N–H and O–H groups in total. The number of hydrogen-bond donors (Lipinski definition) is 0. The number of esters is 1. The summed E-state index contributed by atoms with van der Waals surface area (Å²) in [4.78, 5) is 28.2. The third kappa shape index (κ3) is 3.96. The molecular formula is C19H21N3O3. The second-order valence-electron chi connectivity index (χ2n) is 5.81. The first-order valence-electron chi connectivity index (χ1n) is 8.43. The molecule has 3 aromatic rings. The fraction of sp³-hybridized carbons (Fsp3) is 0.316. The van der Waals surface area contributed by atoms with Gasteiger partial charge in [0.2, 0.25) is 5.43 Å². The zero-order valence-corrected chi connectivity index (χ0v) is 14.2. The maximum atomic E-state index is 12.3. The second kappa shape index (κ2) is 7.79. The van der Waals surface area contributed by atoms with E-state index in [-0.39, 0.29) is 11.4 Å². The lowest BCUT2D eigenvalue weighted by Gasteiger charge is -2.08. The van der Waals surface area contributed by atoms with Gasteiger partial charge in [0.1, 0.15) is 5.52 Å². The largest absolute Gasteiger partial charge is 0.466 e. The SMILES string of the molecule is CCOC(=O)CCCn1ccc(=O)c2c1ncn2Cc1ccccc1. The fourth-order valence-electron chi connectivity index (χ4n) is 2.85. The number of pyridine rings is 1. The average Bonchev–Trinajstić information content (AvgIpc) is 3.03. The van der Waals surface area contributed by atoms with Gasteiger partial charge in [-0.25, -0.2) is 4.98 Å². The Morgan fingerprint density at radius 2 is 1.96 bits per heavy atom. The molecule has 0 unspecified atom stereocenters. The summed E-state index contributed by atoms with van der Waals surface area (Å²) in [6.45, 7) is 3.39. The average molecular weight is 339 g/mol. The molecule has 25 heavy (non-hydrogen) atoms. The van der Waals surface area contributed by atoms with Crippen LogP contribution in [0.3, 0.4) is 0 Å². The minimum absolute atomic E-state index is 0.0509. The van der Waals surface area contributed by atoms with Gasteiger partial charge in [-0.05, 0) is 18.9 Å². The van der Waals surface area contributed by atoms with Crippen LogP contribution in [0.15, 0.2) is 53.7 Å². The zero-order chi connectivity index (χ0) is 17.6. The van der Waals surface area contributed by atoms with E-state index in [0.717, 1.165) is 5.56 Å². The highest BCUT2D eigenvalue weighted by Gasteiger charge is 2.11. The maximum absolute atomic E-state index is 12.3. The van der Waals surface area contributed by atoms with E-state index in [2.05, 4.69) is 4.98 Å².